The van der Waals surface area contributed by atoms with E-state index in [-0.39, 0.29) is 26.4 Å². The average Bonchev–Trinajstić information content (AvgIpc) is 2.29. The summed E-state index contributed by atoms with van der Waals surface area (Å²) in [6, 6.07) is 4.33. The molecule has 0 fully saturated rings. The van der Waals surface area contributed by atoms with E-state index in [0.29, 0.717) is 0 Å². The predicted molar refractivity (Wildman–Crippen MR) is 100 cm³/mol. The van der Waals surface area contributed by atoms with Gasteiger partial charge in [0.2, 0.25) is 0 Å². The van der Waals surface area contributed by atoms with Crippen LogP contribution < -0.4 is 0 Å². The van der Waals surface area contributed by atoms with Crippen LogP contribution in [0.3, 0.4) is 0 Å². The predicted octanol–water partition coefficient (Wildman–Crippen LogP) is 2.43. The third-order valence-electron chi connectivity index (χ3n) is 2.45. The van der Waals surface area contributed by atoms with E-state index in [1.54, 1.807) is 0 Å². The summed E-state index contributed by atoms with van der Waals surface area (Å²) in [5.74, 6) is 0. The Labute approximate surface area is 127 Å². The van der Waals surface area contributed by atoms with Crippen LogP contribution in [0.15, 0.2) is 0 Å². The zero-order chi connectivity index (χ0) is 16.4. The van der Waals surface area contributed by atoms with Crippen LogP contribution in [0.4, 0.5) is 0 Å². The van der Waals surface area contributed by atoms with Gasteiger partial charge in [0.1, 0.15) is 0 Å². The lowest BCUT2D eigenvalue weighted by molar-refractivity contribution is 0.278. The van der Waals surface area contributed by atoms with Crippen LogP contribution >= 0.6 is 0 Å². The molecule has 0 aromatic rings. The van der Waals surface area contributed by atoms with E-state index >= 15 is 0 Å². The first-order valence-corrected chi connectivity index (χ1v) is 17.0. The summed E-state index contributed by atoms with van der Waals surface area (Å²) < 4.78 is 0. The Kier molecular flexibility index (Phi) is 34.7. The maximum Gasteiger partial charge on any atom is 0.631 e. The number of hydrogen-bond donors (Lipinski definition) is 3. The highest BCUT2D eigenvalue weighted by molar-refractivity contribution is 6.56. The van der Waals surface area contributed by atoms with Crippen LogP contribution in [0, 0.1) is 0 Å². The molecule has 0 aromatic carbocycles. The van der Waals surface area contributed by atoms with Crippen molar-refractivity contribution in [3.8, 4) is 0 Å². The zero-order valence-corrected chi connectivity index (χ0v) is 18.2. The molecule has 0 saturated heterocycles. The van der Waals surface area contributed by atoms with Crippen molar-refractivity contribution in [1.29, 1.82) is 0 Å². The minimum Gasteiger partial charge on any atom is -0.402 e. The molecule has 0 aromatic heterocycles. The van der Waals surface area contributed by atoms with Gasteiger partial charge in [-0.1, -0.05) is 78.2 Å². The lowest BCUT2D eigenvalue weighted by atomic mass is 10.3. The van der Waals surface area contributed by atoms with Gasteiger partial charge in [0, 0.05) is 26.4 Å². The first kappa shape index (κ1) is 27.9. The first-order valence-electron chi connectivity index (χ1n) is 7.58. The van der Waals surface area contributed by atoms with Crippen LogP contribution in [-0.4, -0.2) is 48.8 Å². The van der Waals surface area contributed by atoms with E-state index in [1.165, 1.54) is 18.1 Å². The molecule has 120 valence electrons. The molecule has 0 unspecified atom stereocenters. The van der Waals surface area contributed by atoms with Gasteiger partial charge < -0.3 is 15.1 Å². The topological polar surface area (TPSA) is 60.7 Å². The highest BCUT2D eigenvalue weighted by atomic mass is 28.3. The molecule has 0 heterocycles. The van der Waals surface area contributed by atoms with E-state index in [1.807, 2.05) is 0 Å². The summed E-state index contributed by atoms with van der Waals surface area (Å²) in [6.45, 7) is 20.9. The Morgan fingerprint density at radius 1 is 0.579 bits per heavy atom. The van der Waals surface area contributed by atoms with Crippen molar-refractivity contribution in [3.05, 3.63) is 0 Å². The molecule has 7 heteroatoms. The van der Waals surface area contributed by atoms with Crippen LogP contribution in [0.25, 0.3) is 0 Å². The Balaban J connectivity index is -0.0000000793. The first-order chi connectivity index (χ1) is 8.54. The monoisotopic (exact) mass is 326 g/mol. The molecule has 3 nitrogen and oxygen atoms in total. The molecule has 0 atom stereocenters. The van der Waals surface area contributed by atoms with Crippen molar-refractivity contribution >= 4 is 33.7 Å². The van der Waals surface area contributed by atoms with Crippen molar-refractivity contribution in [3.63, 3.8) is 0 Å². The third kappa shape index (κ3) is 118. The minimum atomic E-state index is -2.17. The van der Waals surface area contributed by atoms with Gasteiger partial charge in [-0.05, 0) is 0 Å². The van der Waals surface area contributed by atoms with Crippen molar-refractivity contribution in [2.75, 3.05) is 0 Å². The van der Waals surface area contributed by atoms with E-state index in [4.69, 9.17) is 15.1 Å². The van der Waals surface area contributed by atoms with E-state index in [9.17, 15) is 0 Å². The van der Waals surface area contributed by atoms with Gasteiger partial charge in [0.15, 0.2) is 0 Å². The minimum absolute atomic E-state index is 0.150. The molecule has 0 radical (unpaired) electrons. The molecule has 0 bridgehead atoms. The fourth-order valence-corrected chi connectivity index (χ4v) is 0. The van der Waals surface area contributed by atoms with E-state index in [2.05, 4.69) is 60.1 Å². The molecular formula is C12H39BO3Si3. The second kappa shape index (κ2) is 23.7. The highest BCUT2D eigenvalue weighted by Gasteiger charge is 1.92. The summed E-state index contributed by atoms with van der Waals surface area (Å²) in [5, 5.41) is 21.5. The number of hydrogen-bond acceptors (Lipinski definition) is 3. The molecule has 0 aliphatic heterocycles. The normalized spacial score (nSPS) is 9.00. The highest BCUT2D eigenvalue weighted by Crippen LogP contribution is 1.84. The Morgan fingerprint density at radius 2 is 0.632 bits per heavy atom. The molecule has 3 N–H and O–H groups in total. The van der Waals surface area contributed by atoms with Gasteiger partial charge in [-0.25, -0.2) is 0 Å². The van der Waals surface area contributed by atoms with Crippen molar-refractivity contribution in [1.82, 2.24) is 0 Å². The molecule has 19 heavy (non-hydrogen) atoms. The summed E-state index contributed by atoms with van der Waals surface area (Å²) in [6.07, 6.45) is 0. The third-order valence-corrected chi connectivity index (χ3v) is 7.35. The molecule has 0 saturated carbocycles. The Morgan fingerprint density at radius 3 is 0.632 bits per heavy atom. The summed E-state index contributed by atoms with van der Waals surface area (Å²) >= 11 is 0. The van der Waals surface area contributed by atoms with Crippen LogP contribution in [-0.2, 0) is 0 Å². The average molecular weight is 327 g/mol. The van der Waals surface area contributed by atoms with Gasteiger partial charge in [0.25, 0.3) is 0 Å². The van der Waals surface area contributed by atoms with Gasteiger partial charge in [-0.15, -0.1) is 0 Å². The second-order valence-electron chi connectivity index (χ2n) is 5.75. The van der Waals surface area contributed by atoms with Gasteiger partial charge in [-0.2, -0.15) is 0 Å². The fourth-order valence-electron chi connectivity index (χ4n) is 0. The Bertz CT molecular complexity index is 116. The molecule has 0 rings (SSSR count). The van der Waals surface area contributed by atoms with Crippen LogP contribution in [0.5, 0.6) is 0 Å². The maximum absolute atomic E-state index is 7.17. The van der Waals surface area contributed by atoms with Crippen molar-refractivity contribution < 1.29 is 15.1 Å². The van der Waals surface area contributed by atoms with Crippen LogP contribution in [0.1, 0.15) is 20.8 Å². The fraction of sp³-hybridized carbons (Fsp3) is 1.00. The quantitative estimate of drug-likeness (QED) is 0.698. The Hall–Kier alpha value is 0.596. The molecule has 0 spiro atoms. The lowest BCUT2D eigenvalue weighted by Crippen LogP contribution is -2.07. The van der Waals surface area contributed by atoms with Gasteiger partial charge in [-0.3, -0.25) is 0 Å². The zero-order valence-electron chi connectivity index (χ0n) is 14.8. The SMILES string of the molecule is CC[SiH](C)C.CC[SiH](C)C.CC[SiH](C)C.OB(O)O. The molecular weight excluding hydrogens is 287 g/mol. The van der Waals surface area contributed by atoms with Crippen molar-refractivity contribution in [2.24, 2.45) is 0 Å². The molecule has 0 aliphatic carbocycles. The maximum atomic E-state index is 7.17. The smallest absolute Gasteiger partial charge is 0.402 e. The van der Waals surface area contributed by atoms with E-state index < -0.39 is 7.32 Å². The lowest BCUT2D eigenvalue weighted by Gasteiger charge is -1.87. The number of rotatable bonds is 3. The van der Waals surface area contributed by atoms with Crippen molar-refractivity contribution in [2.45, 2.75) is 78.2 Å². The van der Waals surface area contributed by atoms with E-state index in [0.717, 1.165) is 0 Å². The van der Waals surface area contributed by atoms with Gasteiger partial charge in [0.05, 0.1) is 0 Å². The second-order valence-corrected chi connectivity index (χ2v) is 16.6. The largest absolute Gasteiger partial charge is 0.631 e. The standard InChI is InChI=1S/3C4H12Si.BH3O3/c3*1-4-5(2)3;2-1(3)4/h3*5H,4H2,1-3H3;2-4H. The van der Waals surface area contributed by atoms with Gasteiger partial charge >= 0.3 is 7.32 Å². The molecule has 0 amide bonds. The summed E-state index contributed by atoms with van der Waals surface area (Å²) in [7, 11) is -2.62. The molecule has 0 aliphatic rings. The van der Waals surface area contributed by atoms with Crippen LogP contribution in [0.2, 0.25) is 57.4 Å². The summed E-state index contributed by atoms with van der Waals surface area (Å²) in [4.78, 5) is 0. The summed E-state index contributed by atoms with van der Waals surface area (Å²) in [5.41, 5.74) is 0.